The van der Waals surface area contributed by atoms with Gasteiger partial charge in [-0.1, -0.05) is 6.42 Å². The summed E-state index contributed by atoms with van der Waals surface area (Å²) in [5.41, 5.74) is 1.51. The molecule has 0 bridgehead atoms. The minimum Gasteiger partial charge on any atom is -0.492 e. The highest BCUT2D eigenvalue weighted by molar-refractivity contribution is 6.05. The van der Waals surface area contributed by atoms with Crippen molar-refractivity contribution in [2.45, 2.75) is 83.5 Å². The largest absolute Gasteiger partial charge is 0.492 e. The molecule has 36 heavy (non-hydrogen) atoms. The Morgan fingerprint density at radius 3 is 2.58 bits per heavy atom. The molecule has 3 amide bonds. The van der Waals surface area contributed by atoms with Crippen LogP contribution in [0.5, 0.6) is 5.75 Å². The molecule has 1 aromatic rings. The number of amides is 3. The number of benzene rings is 1. The Hall–Kier alpha value is -2.45. The summed E-state index contributed by atoms with van der Waals surface area (Å²) < 4.78 is 6.29. The van der Waals surface area contributed by atoms with E-state index in [0.717, 1.165) is 30.2 Å². The number of nitrogens with zero attached hydrogens (tertiary/aromatic N) is 3. The van der Waals surface area contributed by atoms with E-state index in [0.29, 0.717) is 37.2 Å². The zero-order valence-corrected chi connectivity index (χ0v) is 21.7. The Labute approximate surface area is 214 Å². The summed E-state index contributed by atoms with van der Waals surface area (Å²) in [6, 6.07) is 6.13. The van der Waals surface area contributed by atoms with Crippen LogP contribution in [0.2, 0.25) is 0 Å². The van der Waals surface area contributed by atoms with Crippen molar-refractivity contribution in [1.29, 1.82) is 0 Å². The van der Waals surface area contributed by atoms with Crippen LogP contribution < -0.4 is 10.1 Å². The van der Waals surface area contributed by atoms with Gasteiger partial charge in [-0.15, -0.1) is 0 Å². The number of ether oxygens (including phenoxy) is 1. The van der Waals surface area contributed by atoms with E-state index < -0.39 is 6.04 Å². The van der Waals surface area contributed by atoms with Crippen molar-refractivity contribution >= 4 is 17.7 Å². The van der Waals surface area contributed by atoms with Crippen molar-refractivity contribution < 1.29 is 19.1 Å². The van der Waals surface area contributed by atoms with Crippen molar-refractivity contribution in [2.75, 3.05) is 32.8 Å². The van der Waals surface area contributed by atoms with Gasteiger partial charge in [0.1, 0.15) is 18.4 Å². The maximum Gasteiger partial charge on any atom is 0.255 e. The minimum atomic E-state index is -0.588. The number of carbonyl (C=O) groups is 3. The monoisotopic (exact) mass is 496 g/mol. The molecule has 3 saturated heterocycles. The molecule has 0 radical (unpaired) electrons. The van der Waals surface area contributed by atoms with Crippen LogP contribution >= 0.6 is 0 Å². The molecular weight excluding hydrogens is 456 g/mol. The summed E-state index contributed by atoms with van der Waals surface area (Å²) in [6.45, 7) is 10.4. The van der Waals surface area contributed by atoms with Gasteiger partial charge in [-0.3, -0.25) is 24.6 Å². The lowest BCUT2D eigenvalue weighted by Crippen LogP contribution is -2.52. The number of rotatable bonds is 7. The summed E-state index contributed by atoms with van der Waals surface area (Å²) in [7, 11) is 0. The molecule has 1 unspecified atom stereocenters. The third-order valence-corrected chi connectivity index (χ3v) is 8.56. The summed E-state index contributed by atoms with van der Waals surface area (Å²) in [5, 5.41) is 2.36. The molecule has 0 spiro atoms. The van der Waals surface area contributed by atoms with Crippen LogP contribution in [-0.2, 0) is 16.1 Å². The normalized spacial score (nSPS) is 26.4. The van der Waals surface area contributed by atoms with Crippen molar-refractivity contribution in [2.24, 2.45) is 5.92 Å². The molecule has 5 rings (SSSR count). The Balaban J connectivity index is 1.17. The zero-order chi connectivity index (χ0) is 25.2. The van der Waals surface area contributed by atoms with E-state index in [1.807, 2.05) is 18.2 Å². The number of piperidine rings is 3. The topological polar surface area (TPSA) is 82.2 Å². The molecule has 4 aliphatic heterocycles. The van der Waals surface area contributed by atoms with Gasteiger partial charge in [0, 0.05) is 37.2 Å². The number of carbonyl (C=O) groups excluding carboxylic acids is 3. The summed E-state index contributed by atoms with van der Waals surface area (Å²) in [5.74, 6) is 0.755. The van der Waals surface area contributed by atoms with Gasteiger partial charge >= 0.3 is 0 Å². The van der Waals surface area contributed by atoms with E-state index in [9.17, 15) is 14.4 Å². The van der Waals surface area contributed by atoms with Gasteiger partial charge < -0.3 is 14.5 Å². The average molecular weight is 497 g/mol. The first-order valence-electron chi connectivity index (χ1n) is 13.8. The van der Waals surface area contributed by atoms with E-state index in [2.05, 4.69) is 29.0 Å². The van der Waals surface area contributed by atoms with E-state index in [-0.39, 0.29) is 24.1 Å². The second-order valence-corrected chi connectivity index (χ2v) is 11.2. The van der Waals surface area contributed by atoms with Gasteiger partial charge in [-0.05, 0) is 95.3 Å². The van der Waals surface area contributed by atoms with E-state index >= 15 is 0 Å². The van der Waals surface area contributed by atoms with Gasteiger partial charge in [0.05, 0.1) is 0 Å². The lowest BCUT2D eigenvalue weighted by Gasteiger charge is -2.41. The second kappa shape index (κ2) is 10.9. The number of likely N-dealkylation sites (tertiary alicyclic amines) is 2. The summed E-state index contributed by atoms with van der Waals surface area (Å²) in [4.78, 5) is 43.6. The van der Waals surface area contributed by atoms with Gasteiger partial charge in [-0.2, -0.15) is 0 Å². The standard InChI is InChI=1S/C28H40N4O4/c1-19(2)30-13-10-20(11-14-30)16-31-12-4-3-5-22(31)18-36-23-6-7-24-21(15-23)17-32(28(24)35)25-8-9-26(33)29-27(25)34/h6-7,15,19-20,22,25H,3-5,8-14,16-18H2,1-2H3,(H,29,33,34)/t22-,25?/m1/s1. The van der Waals surface area contributed by atoms with Gasteiger partial charge in [0.15, 0.2) is 0 Å². The Kier molecular flexibility index (Phi) is 7.62. The van der Waals surface area contributed by atoms with Crippen LogP contribution in [-0.4, -0.2) is 83.3 Å². The first-order valence-corrected chi connectivity index (χ1v) is 13.8. The Morgan fingerprint density at radius 1 is 1.03 bits per heavy atom. The molecule has 0 aliphatic carbocycles. The Morgan fingerprint density at radius 2 is 1.83 bits per heavy atom. The molecule has 3 fully saturated rings. The highest BCUT2D eigenvalue weighted by Gasteiger charge is 2.39. The molecule has 4 aliphatic rings. The SMILES string of the molecule is CC(C)N1CCC(CN2CCCC[C@@H]2COc2ccc3c(c2)CN(C2CCC(=O)NC2=O)C3=O)CC1. The average Bonchev–Trinajstić information content (AvgIpc) is 3.19. The molecule has 8 nitrogen and oxygen atoms in total. The highest BCUT2D eigenvalue weighted by atomic mass is 16.5. The van der Waals surface area contributed by atoms with E-state index in [1.54, 1.807) is 4.90 Å². The fourth-order valence-electron chi connectivity index (χ4n) is 6.31. The molecule has 0 aromatic heterocycles. The van der Waals surface area contributed by atoms with Crippen molar-refractivity contribution in [3.05, 3.63) is 29.3 Å². The maximum absolute atomic E-state index is 12.9. The molecule has 2 atom stereocenters. The van der Waals surface area contributed by atoms with Crippen LogP contribution in [0.25, 0.3) is 0 Å². The molecule has 1 aromatic carbocycles. The first-order chi connectivity index (χ1) is 17.4. The minimum absolute atomic E-state index is 0.145. The second-order valence-electron chi connectivity index (χ2n) is 11.2. The van der Waals surface area contributed by atoms with Crippen LogP contribution in [0.3, 0.4) is 0 Å². The maximum atomic E-state index is 12.9. The number of imide groups is 1. The third kappa shape index (κ3) is 5.44. The van der Waals surface area contributed by atoms with Crippen LogP contribution in [0, 0.1) is 5.92 Å². The molecule has 0 saturated carbocycles. The summed E-state index contributed by atoms with van der Waals surface area (Å²) in [6.07, 6.45) is 6.88. The quantitative estimate of drug-likeness (QED) is 0.585. The molecule has 8 heteroatoms. The first kappa shape index (κ1) is 25.2. The van der Waals surface area contributed by atoms with Gasteiger partial charge in [0.25, 0.3) is 5.91 Å². The molecular formula is C28H40N4O4. The smallest absolute Gasteiger partial charge is 0.255 e. The number of hydrogen-bond acceptors (Lipinski definition) is 6. The molecule has 1 N–H and O–H groups in total. The zero-order valence-electron chi connectivity index (χ0n) is 21.7. The lowest BCUT2D eigenvalue weighted by atomic mass is 9.93. The van der Waals surface area contributed by atoms with Crippen molar-refractivity contribution in [1.82, 2.24) is 20.0 Å². The van der Waals surface area contributed by atoms with E-state index in [4.69, 9.17) is 4.74 Å². The number of hydrogen-bond donors (Lipinski definition) is 1. The third-order valence-electron chi connectivity index (χ3n) is 8.56. The van der Waals surface area contributed by atoms with Gasteiger partial charge in [0.2, 0.25) is 11.8 Å². The van der Waals surface area contributed by atoms with Crippen LogP contribution in [0.4, 0.5) is 0 Å². The van der Waals surface area contributed by atoms with Crippen LogP contribution in [0.15, 0.2) is 18.2 Å². The van der Waals surface area contributed by atoms with Crippen molar-refractivity contribution in [3.8, 4) is 5.75 Å². The highest BCUT2D eigenvalue weighted by Crippen LogP contribution is 2.31. The lowest BCUT2D eigenvalue weighted by molar-refractivity contribution is -0.136. The van der Waals surface area contributed by atoms with Crippen molar-refractivity contribution in [3.63, 3.8) is 0 Å². The molecule has 196 valence electrons. The van der Waals surface area contributed by atoms with Crippen LogP contribution in [0.1, 0.15) is 74.7 Å². The fourth-order valence-corrected chi connectivity index (χ4v) is 6.31. The van der Waals surface area contributed by atoms with E-state index in [1.165, 1.54) is 45.3 Å². The molecule has 4 heterocycles. The predicted octanol–water partition coefficient (Wildman–Crippen LogP) is 2.80. The predicted molar refractivity (Wildman–Crippen MR) is 137 cm³/mol. The summed E-state index contributed by atoms with van der Waals surface area (Å²) >= 11 is 0. The number of nitrogens with one attached hydrogen (secondary N) is 1. The van der Waals surface area contributed by atoms with Gasteiger partial charge in [-0.25, -0.2) is 0 Å². The fraction of sp³-hybridized carbons (Fsp3) is 0.679. The number of fused-ring (bicyclic) bond motifs is 1. The Bertz CT molecular complexity index is 988.